The van der Waals surface area contributed by atoms with Crippen LogP contribution in [0.4, 0.5) is 0 Å². The summed E-state index contributed by atoms with van der Waals surface area (Å²) in [5.41, 5.74) is 3.21. The molecule has 1 heterocycles. The average Bonchev–Trinajstić information content (AvgIpc) is 2.34. The van der Waals surface area contributed by atoms with E-state index in [1.807, 2.05) is 40.7 Å². The molecule has 0 aliphatic rings. The molecule has 15 heavy (non-hydrogen) atoms. The summed E-state index contributed by atoms with van der Waals surface area (Å²) >= 11 is 0. The Kier molecular flexibility index (Phi) is 11.5. The van der Waals surface area contributed by atoms with Crippen LogP contribution in [0.1, 0.15) is 45.7 Å². The quantitative estimate of drug-likeness (QED) is 0.675. The molecule has 0 N–H and O–H groups in total. The maximum atomic E-state index is 3.99. The van der Waals surface area contributed by atoms with Gasteiger partial charge in [0.15, 0.2) is 0 Å². The van der Waals surface area contributed by atoms with Crippen LogP contribution in [0.3, 0.4) is 0 Å². The highest BCUT2D eigenvalue weighted by Gasteiger charge is 1.97. The van der Waals surface area contributed by atoms with E-state index in [0.29, 0.717) is 0 Å². The zero-order valence-corrected chi connectivity index (χ0v) is 10.7. The zero-order chi connectivity index (χ0) is 12.3. The lowest BCUT2D eigenvalue weighted by Gasteiger charge is -2.02. The van der Waals surface area contributed by atoms with E-state index in [2.05, 4.69) is 18.1 Å². The molecule has 0 saturated carbocycles. The molecule has 0 radical (unpaired) electrons. The zero-order valence-electron chi connectivity index (χ0n) is 10.7. The lowest BCUT2D eigenvalue weighted by molar-refractivity contribution is 1.30. The van der Waals surface area contributed by atoms with Gasteiger partial charge in [-0.15, -0.1) is 0 Å². The van der Waals surface area contributed by atoms with Crippen LogP contribution in [0.25, 0.3) is 11.6 Å². The van der Waals surface area contributed by atoms with Crippen LogP contribution < -0.4 is 0 Å². The van der Waals surface area contributed by atoms with Gasteiger partial charge in [0.1, 0.15) is 0 Å². The van der Waals surface area contributed by atoms with E-state index in [9.17, 15) is 0 Å². The summed E-state index contributed by atoms with van der Waals surface area (Å²) in [6.07, 6.45) is 5.34. The second kappa shape index (κ2) is 10.7. The molecule has 1 nitrogen and oxygen atoms in total. The number of pyridine rings is 1. The van der Waals surface area contributed by atoms with Crippen molar-refractivity contribution in [3.05, 3.63) is 42.7 Å². The van der Waals surface area contributed by atoms with Gasteiger partial charge < -0.3 is 0 Å². The first-order valence-corrected chi connectivity index (χ1v) is 5.48. The number of rotatable bonds is 2. The molecule has 0 spiro atoms. The summed E-state index contributed by atoms with van der Waals surface area (Å²) < 4.78 is 0. The van der Waals surface area contributed by atoms with Crippen molar-refractivity contribution < 1.29 is 0 Å². The molecule has 0 bridgehead atoms. The van der Waals surface area contributed by atoms with Crippen LogP contribution in [-0.4, -0.2) is 4.98 Å². The van der Waals surface area contributed by atoms with Crippen molar-refractivity contribution in [3.63, 3.8) is 0 Å². The average molecular weight is 205 g/mol. The van der Waals surface area contributed by atoms with Crippen molar-refractivity contribution in [1.29, 1.82) is 0 Å². The molecule has 0 aliphatic carbocycles. The number of hydrogen-bond donors (Lipinski definition) is 0. The van der Waals surface area contributed by atoms with E-state index in [-0.39, 0.29) is 0 Å². The van der Waals surface area contributed by atoms with Crippen LogP contribution in [-0.2, 0) is 0 Å². The number of allylic oxidation sites excluding steroid dienone is 1. The van der Waals surface area contributed by atoms with Gasteiger partial charge in [0.2, 0.25) is 0 Å². The third-order valence-corrected chi connectivity index (χ3v) is 1.53. The van der Waals surface area contributed by atoms with Crippen molar-refractivity contribution in [2.45, 2.75) is 34.6 Å². The topological polar surface area (TPSA) is 12.9 Å². The first kappa shape index (κ1) is 16.1. The van der Waals surface area contributed by atoms with Crippen molar-refractivity contribution in [1.82, 2.24) is 4.98 Å². The van der Waals surface area contributed by atoms with Gasteiger partial charge in [-0.05, 0) is 24.1 Å². The van der Waals surface area contributed by atoms with Gasteiger partial charge in [-0.2, -0.15) is 0 Å². The van der Waals surface area contributed by atoms with Gasteiger partial charge in [-0.3, -0.25) is 4.98 Å². The number of nitrogens with zero attached hydrogens (tertiary/aromatic N) is 1. The molecule has 0 fully saturated rings. The second-order valence-corrected chi connectivity index (χ2v) is 2.45. The van der Waals surface area contributed by atoms with Gasteiger partial charge in [0.05, 0.1) is 0 Å². The molecule has 1 heteroatoms. The lowest BCUT2D eigenvalue weighted by atomic mass is 10.1. The van der Waals surface area contributed by atoms with E-state index in [1.54, 1.807) is 18.5 Å². The predicted octanol–water partition coefficient (Wildman–Crippen LogP) is 4.81. The van der Waals surface area contributed by atoms with Crippen molar-refractivity contribution in [2.24, 2.45) is 0 Å². The summed E-state index contributed by atoms with van der Waals surface area (Å²) in [4.78, 5) is 3.99. The summed E-state index contributed by atoms with van der Waals surface area (Å²) in [6, 6.07) is 1.94. The summed E-state index contributed by atoms with van der Waals surface area (Å²) in [5.74, 6) is 0. The van der Waals surface area contributed by atoms with Crippen LogP contribution in [0.15, 0.2) is 31.6 Å². The van der Waals surface area contributed by atoms with Gasteiger partial charge >= 0.3 is 0 Å². The van der Waals surface area contributed by atoms with E-state index in [1.165, 1.54) is 0 Å². The minimum absolute atomic E-state index is 1.04. The fraction of sp³-hybridized carbons (Fsp3) is 0.357. The molecule has 1 aromatic heterocycles. The van der Waals surface area contributed by atoms with E-state index < -0.39 is 0 Å². The standard InChI is InChI=1S/C10H11N.2C2H6/c1-4-9-7-11-6-5-10(9)8(2)3;2*1-2/h4-7H,1-2H2,3H3;2*1-2H3. The maximum Gasteiger partial charge on any atom is 0.0346 e. The SMILES string of the molecule is C=Cc1cnccc1C(=C)C.CC.CC. The first-order chi connectivity index (χ1) is 7.25. The van der Waals surface area contributed by atoms with Gasteiger partial charge in [-0.25, -0.2) is 0 Å². The molecule has 1 aromatic rings. The van der Waals surface area contributed by atoms with Crippen LogP contribution >= 0.6 is 0 Å². The molecular weight excluding hydrogens is 182 g/mol. The third-order valence-electron chi connectivity index (χ3n) is 1.53. The molecule has 0 unspecified atom stereocenters. The Morgan fingerprint density at radius 1 is 1.27 bits per heavy atom. The highest BCUT2D eigenvalue weighted by Crippen LogP contribution is 2.16. The van der Waals surface area contributed by atoms with Gasteiger partial charge in [-0.1, -0.05) is 52.5 Å². The predicted molar refractivity (Wildman–Crippen MR) is 71.7 cm³/mol. The maximum absolute atomic E-state index is 3.99. The molecule has 1 rings (SSSR count). The molecule has 0 aliphatic heterocycles. The van der Waals surface area contributed by atoms with E-state index >= 15 is 0 Å². The number of hydrogen-bond acceptors (Lipinski definition) is 1. The van der Waals surface area contributed by atoms with Crippen LogP contribution in [0, 0.1) is 0 Å². The Hall–Kier alpha value is -1.37. The van der Waals surface area contributed by atoms with Crippen molar-refractivity contribution >= 4 is 11.6 Å². The molecule has 84 valence electrons. The Labute approximate surface area is 94.6 Å². The highest BCUT2D eigenvalue weighted by atomic mass is 14.6. The third kappa shape index (κ3) is 5.84. The largest absolute Gasteiger partial charge is 0.264 e. The fourth-order valence-electron chi connectivity index (χ4n) is 0.958. The summed E-state index contributed by atoms with van der Waals surface area (Å²) in [5, 5.41) is 0. The van der Waals surface area contributed by atoms with Crippen molar-refractivity contribution in [2.75, 3.05) is 0 Å². The summed E-state index contributed by atoms with van der Waals surface area (Å²) in [7, 11) is 0. The van der Waals surface area contributed by atoms with Gasteiger partial charge in [0, 0.05) is 12.4 Å². The smallest absolute Gasteiger partial charge is 0.0346 e. The minimum Gasteiger partial charge on any atom is -0.264 e. The highest BCUT2D eigenvalue weighted by molar-refractivity contribution is 5.70. The fourth-order valence-corrected chi connectivity index (χ4v) is 0.958. The van der Waals surface area contributed by atoms with E-state index in [4.69, 9.17) is 0 Å². The normalized spacial score (nSPS) is 7.53. The Balaban J connectivity index is 0. The molecule has 0 amide bonds. The summed E-state index contributed by atoms with van der Waals surface area (Å²) in [6.45, 7) is 17.5. The Morgan fingerprint density at radius 3 is 2.13 bits per heavy atom. The molecule has 0 atom stereocenters. The molecular formula is C14H23N. The van der Waals surface area contributed by atoms with Crippen LogP contribution in [0.5, 0.6) is 0 Å². The van der Waals surface area contributed by atoms with E-state index in [0.717, 1.165) is 16.7 Å². The monoisotopic (exact) mass is 205 g/mol. The Morgan fingerprint density at radius 2 is 1.80 bits per heavy atom. The molecule has 0 saturated heterocycles. The number of aromatic nitrogens is 1. The minimum atomic E-state index is 1.04. The van der Waals surface area contributed by atoms with Gasteiger partial charge in [0.25, 0.3) is 0 Å². The second-order valence-electron chi connectivity index (χ2n) is 2.45. The van der Waals surface area contributed by atoms with Crippen LogP contribution in [0.2, 0.25) is 0 Å². The molecule has 0 aromatic carbocycles. The lowest BCUT2D eigenvalue weighted by Crippen LogP contribution is -1.84. The van der Waals surface area contributed by atoms with Crippen molar-refractivity contribution in [3.8, 4) is 0 Å². The Bertz CT molecular complexity index is 287. The first-order valence-electron chi connectivity index (χ1n) is 5.48.